The topological polar surface area (TPSA) is 101 Å². The summed E-state index contributed by atoms with van der Waals surface area (Å²) in [5.74, 6) is -1.94. The highest BCUT2D eigenvalue weighted by Crippen LogP contribution is 2.28. The number of aliphatic carboxylic acids is 1. The summed E-state index contributed by atoms with van der Waals surface area (Å²) in [6.45, 7) is 0.187. The van der Waals surface area contributed by atoms with E-state index in [-0.39, 0.29) is 24.2 Å². The number of aromatic nitrogens is 1. The number of methoxy groups -OCH3 is 2. The SMILES string of the molecule is COCCC(NC(=O)c1cc2c(OC)ccc(F)c2[nH]1)C(=O)O. The molecule has 0 spiro atoms. The maximum Gasteiger partial charge on any atom is 0.326 e. The van der Waals surface area contributed by atoms with E-state index in [1.165, 1.54) is 32.4 Å². The fourth-order valence-corrected chi connectivity index (χ4v) is 2.19. The lowest BCUT2D eigenvalue weighted by atomic mass is 10.2. The number of amides is 1. The molecule has 1 amide bonds. The van der Waals surface area contributed by atoms with E-state index in [1.54, 1.807) is 0 Å². The maximum atomic E-state index is 13.8. The highest BCUT2D eigenvalue weighted by atomic mass is 19.1. The first kappa shape index (κ1) is 16.8. The summed E-state index contributed by atoms with van der Waals surface area (Å²) in [4.78, 5) is 26.0. The summed E-state index contributed by atoms with van der Waals surface area (Å²) in [5.41, 5.74) is 0.172. The van der Waals surface area contributed by atoms with Gasteiger partial charge < -0.3 is 24.9 Å². The monoisotopic (exact) mass is 324 g/mol. The number of fused-ring (bicyclic) bond motifs is 1. The van der Waals surface area contributed by atoms with Gasteiger partial charge in [0.1, 0.15) is 23.3 Å². The predicted octanol–water partition coefficient (Wildman–Crippen LogP) is 1.54. The molecule has 124 valence electrons. The molecule has 0 saturated carbocycles. The summed E-state index contributed by atoms with van der Waals surface area (Å²) in [6.07, 6.45) is 0.121. The van der Waals surface area contributed by atoms with Crippen LogP contribution in [0.2, 0.25) is 0 Å². The molecule has 0 bridgehead atoms. The molecular weight excluding hydrogens is 307 g/mol. The average Bonchev–Trinajstić information content (AvgIpc) is 2.97. The summed E-state index contributed by atoms with van der Waals surface area (Å²) in [5, 5.41) is 11.9. The summed E-state index contributed by atoms with van der Waals surface area (Å²) < 4.78 is 23.7. The van der Waals surface area contributed by atoms with Gasteiger partial charge >= 0.3 is 5.97 Å². The molecule has 1 aromatic heterocycles. The highest BCUT2D eigenvalue weighted by Gasteiger charge is 2.22. The van der Waals surface area contributed by atoms with Crippen molar-refractivity contribution in [1.29, 1.82) is 0 Å². The van der Waals surface area contributed by atoms with Gasteiger partial charge in [-0.3, -0.25) is 4.79 Å². The number of carboxylic acids is 1. The van der Waals surface area contributed by atoms with E-state index < -0.39 is 23.7 Å². The van der Waals surface area contributed by atoms with Gasteiger partial charge in [-0.25, -0.2) is 9.18 Å². The Morgan fingerprint density at radius 1 is 1.39 bits per heavy atom. The fourth-order valence-electron chi connectivity index (χ4n) is 2.19. The predicted molar refractivity (Wildman–Crippen MR) is 80.2 cm³/mol. The molecule has 23 heavy (non-hydrogen) atoms. The largest absolute Gasteiger partial charge is 0.496 e. The minimum absolute atomic E-state index is 0.0482. The quantitative estimate of drug-likeness (QED) is 0.717. The van der Waals surface area contributed by atoms with Crippen molar-refractivity contribution in [3.05, 3.63) is 29.7 Å². The van der Waals surface area contributed by atoms with Gasteiger partial charge in [0.2, 0.25) is 0 Å². The Hall–Kier alpha value is -2.61. The van der Waals surface area contributed by atoms with Crippen LogP contribution in [0.25, 0.3) is 10.9 Å². The molecule has 0 fully saturated rings. The summed E-state index contributed by atoms with van der Waals surface area (Å²) in [7, 11) is 2.87. The number of carbonyl (C=O) groups is 2. The smallest absolute Gasteiger partial charge is 0.326 e. The van der Waals surface area contributed by atoms with E-state index in [0.29, 0.717) is 11.1 Å². The number of H-pyrrole nitrogens is 1. The van der Waals surface area contributed by atoms with Crippen LogP contribution >= 0.6 is 0 Å². The second-order valence-corrected chi connectivity index (χ2v) is 4.87. The first-order chi connectivity index (χ1) is 11.0. The lowest BCUT2D eigenvalue weighted by Gasteiger charge is -2.13. The van der Waals surface area contributed by atoms with Crippen LogP contribution in [-0.4, -0.2) is 48.8 Å². The Morgan fingerprint density at radius 3 is 2.74 bits per heavy atom. The van der Waals surface area contributed by atoms with Crippen LogP contribution in [-0.2, 0) is 9.53 Å². The van der Waals surface area contributed by atoms with Crippen molar-refractivity contribution in [3.8, 4) is 5.75 Å². The number of carboxylic acid groups (broad SMARTS) is 1. The molecule has 1 aromatic carbocycles. The second-order valence-electron chi connectivity index (χ2n) is 4.87. The Bertz CT molecular complexity index is 728. The van der Waals surface area contributed by atoms with Crippen LogP contribution in [0.5, 0.6) is 5.75 Å². The Balaban J connectivity index is 2.27. The third kappa shape index (κ3) is 3.59. The number of hydrogen-bond donors (Lipinski definition) is 3. The van der Waals surface area contributed by atoms with Crippen molar-refractivity contribution < 1.29 is 28.6 Å². The van der Waals surface area contributed by atoms with E-state index in [0.717, 1.165) is 0 Å². The first-order valence-electron chi connectivity index (χ1n) is 6.85. The van der Waals surface area contributed by atoms with Gasteiger partial charge in [0.15, 0.2) is 0 Å². The zero-order valence-corrected chi connectivity index (χ0v) is 12.7. The van der Waals surface area contributed by atoms with Crippen LogP contribution in [0.1, 0.15) is 16.9 Å². The van der Waals surface area contributed by atoms with Crippen molar-refractivity contribution in [2.45, 2.75) is 12.5 Å². The number of aromatic amines is 1. The lowest BCUT2D eigenvalue weighted by Crippen LogP contribution is -2.41. The number of ether oxygens (including phenoxy) is 2. The van der Waals surface area contributed by atoms with Crippen LogP contribution in [0.15, 0.2) is 18.2 Å². The van der Waals surface area contributed by atoms with Gasteiger partial charge in [-0.05, 0) is 18.2 Å². The van der Waals surface area contributed by atoms with Gasteiger partial charge in [-0.1, -0.05) is 0 Å². The van der Waals surface area contributed by atoms with E-state index >= 15 is 0 Å². The highest BCUT2D eigenvalue weighted by molar-refractivity contribution is 6.01. The van der Waals surface area contributed by atoms with E-state index in [1.807, 2.05) is 0 Å². The van der Waals surface area contributed by atoms with Crippen molar-refractivity contribution in [2.75, 3.05) is 20.8 Å². The van der Waals surface area contributed by atoms with Gasteiger partial charge in [-0.2, -0.15) is 0 Å². The van der Waals surface area contributed by atoms with Crippen LogP contribution < -0.4 is 10.1 Å². The summed E-state index contributed by atoms with van der Waals surface area (Å²) >= 11 is 0. The molecule has 8 heteroatoms. The zero-order chi connectivity index (χ0) is 17.0. The molecule has 0 aliphatic rings. The molecule has 0 saturated heterocycles. The fraction of sp³-hybridized carbons (Fsp3) is 0.333. The molecule has 0 aliphatic heterocycles. The third-order valence-electron chi connectivity index (χ3n) is 3.38. The first-order valence-corrected chi connectivity index (χ1v) is 6.85. The van der Waals surface area contributed by atoms with Gasteiger partial charge in [0.05, 0.1) is 12.6 Å². The minimum atomic E-state index is -1.17. The molecule has 3 N–H and O–H groups in total. The van der Waals surface area contributed by atoms with Crippen molar-refractivity contribution in [3.63, 3.8) is 0 Å². The maximum absolute atomic E-state index is 13.8. The number of carbonyl (C=O) groups excluding carboxylic acids is 1. The average molecular weight is 324 g/mol. The molecule has 2 aromatic rings. The van der Waals surface area contributed by atoms with Gasteiger partial charge in [-0.15, -0.1) is 0 Å². The number of nitrogens with one attached hydrogen (secondary N) is 2. The van der Waals surface area contributed by atoms with Crippen molar-refractivity contribution in [2.24, 2.45) is 0 Å². The molecule has 7 nitrogen and oxygen atoms in total. The Morgan fingerprint density at radius 2 is 2.13 bits per heavy atom. The lowest BCUT2D eigenvalue weighted by molar-refractivity contribution is -0.139. The standard InChI is InChI=1S/C15H17FN2O5/c1-22-6-5-10(15(20)21)18-14(19)11-7-8-12(23-2)4-3-9(16)13(8)17-11/h3-4,7,10,17H,5-6H2,1-2H3,(H,18,19)(H,20,21). The number of halogens is 1. The molecule has 1 heterocycles. The number of rotatable bonds is 7. The molecule has 0 radical (unpaired) electrons. The zero-order valence-electron chi connectivity index (χ0n) is 12.7. The molecule has 2 rings (SSSR count). The van der Waals surface area contributed by atoms with Crippen molar-refractivity contribution in [1.82, 2.24) is 10.3 Å². The van der Waals surface area contributed by atoms with Gasteiger partial charge in [0.25, 0.3) is 5.91 Å². The molecule has 1 unspecified atom stereocenters. The number of benzene rings is 1. The van der Waals surface area contributed by atoms with Crippen LogP contribution in [0.3, 0.4) is 0 Å². The second kappa shape index (κ2) is 7.10. The van der Waals surface area contributed by atoms with Crippen LogP contribution in [0, 0.1) is 5.82 Å². The molecule has 1 atom stereocenters. The van der Waals surface area contributed by atoms with E-state index in [4.69, 9.17) is 14.6 Å². The van der Waals surface area contributed by atoms with E-state index in [9.17, 15) is 14.0 Å². The van der Waals surface area contributed by atoms with E-state index in [2.05, 4.69) is 10.3 Å². The molecular formula is C15H17FN2O5. The van der Waals surface area contributed by atoms with Gasteiger partial charge in [0, 0.05) is 25.5 Å². The number of hydrogen-bond acceptors (Lipinski definition) is 4. The minimum Gasteiger partial charge on any atom is -0.496 e. The van der Waals surface area contributed by atoms with Crippen molar-refractivity contribution >= 4 is 22.8 Å². The molecule has 0 aliphatic carbocycles. The summed E-state index contributed by atoms with van der Waals surface area (Å²) in [6, 6.07) is 2.99. The Kier molecular flexibility index (Phi) is 5.17. The third-order valence-corrected chi connectivity index (χ3v) is 3.38. The Labute approximate surface area is 131 Å². The normalized spacial score (nSPS) is 12.1. The van der Waals surface area contributed by atoms with Crippen LogP contribution in [0.4, 0.5) is 4.39 Å².